The van der Waals surface area contributed by atoms with Crippen LogP contribution in [0.3, 0.4) is 0 Å². The van der Waals surface area contributed by atoms with Gasteiger partial charge in [-0.1, -0.05) is 35.6 Å². The highest BCUT2D eigenvalue weighted by atomic mass is 32.1. The molecule has 0 bridgehead atoms. The van der Waals surface area contributed by atoms with E-state index in [2.05, 4.69) is 10.2 Å². The van der Waals surface area contributed by atoms with Crippen LogP contribution in [-0.4, -0.2) is 10.2 Å². The van der Waals surface area contributed by atoms with Crippen LogP contribution in [0.25, 0.3) is 21.1 Å². The maximum absolute atomic E-state index is 5.77. The van der Waals surface area contributed by atoms with Gasteiger partial charge in [0.05, 0.1) is 0 Å². The molecule has 0 saturated carbocycles. The van der Waals surface area contributed by atoms with Crippen molar-refractivity contribution < 1.29 is 0 Å². The fourth-order valence-corrected chi connectivity index (χ4v) is 2.64. The van der Waals surface area contributed by atoms with Gasteiger partial charge in [-0.2, -0.15) is 0 Å². The lowest BCUT2D eigenvalue weighted by Crippen LogP contribution is -1.84. The van der Waals surface area contributed by atoms with Crippen molar-refractivity contribution in [2.75, 3.05) is 11.5 Å². The molecule has 0 aliphatic rings. The number of nitrogen functional groups attached to an aromatic ring is 2. The normalized spacial score (nSPS) is 10.5. The summed E-state index contributed by atoms with van der Waals surface area (Å²) < 4.78 is 0. The highest BCUT2D eigenvalue weighted by Gasteiger charge is 2.08. The minimum absolute atomic E-state index is 0.721. The first kappa shape index (κ1) is 11.7. The van der Waals surface area contributed by atoms with Crippen LogP contribution in [0.15, 0.2) is 48.5 Å². The van der Waals surface area contributed by atoms with Gasteiger partial charge in [0, 0.05) is 22.5 Å². The Kier molecular flexibility index (Phi) is 2.89. The number of aromatic nitrogens is 2. The Bertz CT molecular complexity index is 661. The molecule has 5 heteroatoms. The van der Waals surface area contributed by atoms with Crippen LogP contribution in [0, 0.1) is 0 Å². The average Bonchev–Trinajstić information content (AvgIpc) is 2.88. The molecule has 4 nitrogen and oxygen atoms in total. The van der Waals surface area contributed by atoms with Crippen LogP contribution in [0.4, 0.5) is 11.4 Å². The molecule has 94 valence electrons. The van der Waals surface area contributed by atoms with Crippen LogP contribution in [0.1, 0.15) is 0 Å². The number of rotatable bonds is 2. The number of anilines is 2. The summed E-state index contributed by atoms with van der Waals surface area (Å²) in [4.78, 5) is 0. The Balaban J connectivity index is 2.00. The van der Waals surface area contributed by atoms with Crippen molar-refractivity contribution in [1.29, 1.82) is 0 Å². The summed E-state index contributed by atoms with van der Waals surface area (Å²) >= 11 is 1.52. The second-order valence-corrected chi connectivity index (χ2v) is 5.14. The summed E-state index contributed by atoms with van der Waals surface area (Å²) in [6.45, 7) is 0. The molecule has 0 saturated heterocycles. The molecule has 4 N–H and O–H groups in total. The van der Waals surface area contributed by atoms with Crippen molar-refractivity contribution in [3.05, 3.63) is 48.5 Å². The van der Waals surface area contributed by atoms with Gasteiger partial charge in [-0.15, -0.1) is 10.2 Å². The molecule has 2 aromatic carbocycles. The Morgan fingerprint density at radius 1 is 0.737 bits per heavy atom. The summed E-state index contributed by atoms with van der Waals surface area (Å²) in [5.74, 6) is 0. The SMILES string of the molecule is Nc1cccc(-c2nnc(-c3cccc(N)c3)s2)c1. The monoisotopic (exact) mass is 268 g/mol. The number of benzene rings is 2. The molecule has 0 aliphatic carbocycles. The van der Waals surface area contributed by atoms with Crippen LogP contribution in [0.5, 0.6) is 0 Å². The zero-order valence-corrected chi connectivity index (χ0v) is 10.9. The van der Waals surface area contributed by atoms with Gasteiger partial charge in [0.1, 0.15) is 10.0 Å². The van der Waals surface area contributed by atoms with Gasteiger partial charge < -0.3 is 11.5 Å². The van der Waals surface area contributed by atoms with E-state index in [0.29, 0.717) is 0 Å². The van der Waals surface area contributed by atoms with Crippen molar-refractivity contribution in [3.63, 3.8) is 0 Å². The summed E-state index contributed by atoms with van der Waals surface area (Å²) in [5.41, 5.74) is 14.9. The molecule has 1 aromatic heterocycles. The molecule has 0 unspecified atom stereocenters. The smallest absolute Gasteiger partial charge is 0.148 e. The van der Waals surface area contributed by atoms with Crippen molar-refractivity contribution >= 4 is 22.7 Å². The van der Waals surface area contributed by atoms with Crippen LogP contribution in [0.2, 0.25) is 0 Å². The minimum atomic E-state index is 0.721. The maximum atomic E-state index is 5.77. The molecule has 0 amide bonds. The average molecular weight is 268 g/mol. The summed E-state index contributed by atoms with van der Waals surface area (Å²) in [5, 5.41) is 10.1. The van der Waals surface area contributed by atoms with E-state index >= 15 is 0 Å². The van der Waals surface area contributed by atoms with Crippen molar-refractivity contribution in [3.8, 4) is 21.1 Å². The van der Waals surface area contributed by atoms with Gasteiger partial charge in [-0.05, 0) is 24.3 Å². The summed E-state index contributed by atoms with van der Waals surface area (Å²) in [7, 11) is 0. The van der Waals surface area contributed by atoms with Crippen LogP contribution < -0.4 is 11.5 Å². The molecular weight excluding hydrogens is 256 g/mol. The van der Waals surface area contributed by atoms with Gasteiger partial charge >= 0.3 is 0 Å². The van der Waals surface area contributed by atoms with E-state index in [1.165, 1.54) is 11.3 Å². The van der Waals surface area contributed by atoms with Crippen molar-refractivity contribution in [2.45, 2.75) is 0 Å². The lowest BCUT2D eigenvalue weighted by Gasteiger charge is -1.97. The standard InChI is InChI=1S/C14H12N4S/c15-11-5-1-3-9(7-11)13-17-18-14(19-13)10-4-2-6-12(16)8-10/h1-8H,15-16H2. The molecule has 3 rings (SSSR count). The van der Waals surface area contributed by atoms with E-state index in [1.807, 2.05) is 48.5 Å². The number of nitrogens with zero attached hydrogens (tertiary/aromatic N) is 2. The largest absolute Gasteiger partial charge is 0.399 e. The first-order valence-corrected chi connectivity index (χ1v) is 6.59. The lowest BCUT2D eigenvalue weighted by molar-refractivity contribution is 1.10. The fourth-order valence-electron chi connectivity index (χ4n) is 1.80. The molecule has 0 atom stereocenters. The van der Waals surface area contributed by atoms with Crippen molar-refractivity contribution in [1.82, 2.24) is 10.2 Å². The second kappa shape index (κ2) is 4.70. The molecule has 0 aliphatic heterocycles. The molecule has 1 heterocycles. The van der Waals surface area contributed by atoms with E-state index in [0.717, 1.165) is 32.5 Å². The Morgan fingerprint density at radius 2 is 1.21 bits per heavy atom. The van der Waals surface area contributed by atoms with Crippen molar-refractivity contribution in [2.24, 2.45) is 0 Å². The predicted molar refractivity (Wildman–Crippen MR) is 79.6 cm³/mol. The summed E-state index contributed by atoms with van der Waals surface area (Å²) in [6, 6.07) is 15.2. The predicted octanol–water partition coefficient (Wildman–Crippen LogP) is 3.04. The molecule has 0 fully saturated rings. The van der Waals surface area contributed by atoms with E-state index in [1.54, 1.807) is 0 Å². The zero-order valence-electron chi connectivity index (χ0n) is 10.1. The zero-order chi connectivity index (χ0) is 13.2. The molecule has 3 aromatic rings. The lowest BCUT2D eigenvalue weighted by atomic mass is 10.2. The van der Waals surface area contributed by atoms with E-state index in [4.69, 9.17) is 11.5 Å². The van der Waals surface area contributed by atoms with Gasteiger partial charge in [0.15, 0.2) is 0 Å². The third kappa shape index (κ3) is 2.41. The van der Waals surface area contributed by atoms with E-state index < -0.39 is 0 Å². The van der Waals surface area contributed by atoms with E-state index in [-0.39, 0.29) is 0 Å². The molecule has 0 radical (unpaired) electrons. The van der Waals surface area contributed by atoms with E-state index in [9.17, 15) is 0 Å². The number of nitrogens with two attached hydrogens (primary N) is 2. The first-order valence-electron chi connectivity index (χ1n) is 5.78. The van der Waals surface area contributed by atoms with Gasteiger partial charge in [0.25, 0.3) is 0 Å². The highest BCUT2D eigenvalue weighted by molar-refractivity contribution is 7.17. The third-order valence-corrected chi connectivity index (χ3v) is 3.71. The maximum Gasteiger partial charge on any atom is 0.148 e. The molecular formula is C14H12N4S. The third-order valence-electron chi connectivity index (χ3n) is 2.69. The second-order valence-electron chi connectivity index (χ2n) is 4.16. The first-order chi connectivity index (χ1) is 9.22. The molecule has 0 spiro atoms. The highest BCUT2D eigenvalue weighted by Crippen LogP contribution is 2.31. The Morgan fingerprint density at radius 3 is 1.63 bits per heavy atom. The topological polar surface area (TPSA) is 77.8 Å². The molecule has 19 heavy (non-hydrogen) atoms. The van der Waals surface area contributed by atoms with Gasteiger partial charge in [0.2, 0.25) is 0 Å². The van der Waals surface area contributed by atoms with Gasteiger partial charge in [-0.25, -0.2) is 0 Å². The number of hydrogen-bond acceptors (Lipinski definition) is 5. The minimum Gasteiger partial charge on any atom is -0.399 e. The van der Waals surface area contributed by atoms with Gasteiger partial charge in [-0.3, -0.25) is 0 Å². The quantitative estimate of drug-likeness (QED) is 0.700. The van der Waals surface area contributed by atoms with Crippen LogP contribution >= 0.6 is 11.3 Å². The Labute approximate surface area is 114 Å². The van der Waals surface area contributed by atoms with Crippen LogP contribution in [-0.2, 0) is 0 Å². The fraction of sp³-hybridized carbons (Fsp3) is 0. The number of hydrogen-bond donors (Lipinski definition) is 2. The Hall–Kier alpha value is -2.40. The summed E-state index contributed by atoms with van der Waals surface area (Å²) in [6.07, 6.45) is 0.